The van der Waals surface area contributed by atoms with E-state index in [1.54, 1.807) is 23.1 Å². The zero-order valence-electron chi connectivity index (χ0n) is 18.9. The summed E-state index contributed by atoms with van der Waals surface area (Å²) in [6.07, 6.45) is 2.40. The summed E-state index contributed by atoms with van der Waals surface area (Å²) in [7, 11) is 0. The van der Waals surface area contributed by atoms with Gasteiger partial charge < -0.3 is 19.6 Å². The Bertz CT molecular complexity index is 1030. The zero-order valence-corrected chi connectivity index (χ0v) is 18.9. The van der Waals surface area contributed by atoms with Crippen LogP contribution in [-0.2, 0) is 13.0 Å². The Kier molecular flexibility index (Phi) is 6.33. The topological polar surface area (TPSA) is 73.3 Å². The quantitative estimate of drug-likeness (QED) is 0.758. The molecule has 0 saturated carbocycles. The molecule has 1 saturated heterocycles. The van der Waals surface area contributed by atoms with Gasteiger partial charge in [-0.2, -0.15) is 0 Å². The van der Waals surface area contributed by atoms with Gasteiger partial charge in [0.25, 0.3) is 11.8 Å². The lowest BCUT2D eigenvalue weighted by molar-refractivity contribution is 0.0501. The minimum Gasteiger partial charge on any atom is -0.491 e. The van der Waals surface area contributed by atoms with Gasteiger partial charge in [0.2, 0.25) is 0 Å². The van der Waals surface area contributed by atoms with E-state index in [1.807, 2.05) is 4.90 Å². The molecule has 7 nitrogen and oxygen atoms in total. The third-order valence-corrected chi connectivity index (χ3v) is 6.87. The molecule has 0 unspecified atom stereocenters. The maximum atomic E-state index is 13.2. The fourth-order valence-electron chi connectivity index (χ4n) is 5.09. The fourth-order valence-corrected chi connectivity index (χ4v) is 5.09. The van der Waals surface area contributed by atoms with Crippen LogP contribution in [0.1, 0.15) is 44.7 Å². The highest BCUT2D eigenvalue weighted by atomic mass is 16.5. The van der Waals surface area contributed by atoms with E-state index in [0.717, 1.165) is 45.4 Å². The molecule has 0 bridgehead atoms. The van der Waals surface area contributed by atoms with Gasteiger partial charge in [-0.3, -0.25) is 14.5 Å². The summed E-state index contributed by atoms with van der Waals surface area (Å²) in [5.74, 6) is 0.284. The standard InChI is InChI=1S/C26H31N3O4/c30-22(17-27-12-9-19-5-1-2-6-21(19)16-27)18-29-13-14-33-24-15-20(7-8-23(24)26(29)32)25(31)28-10-3-4-11-28/h1-2,5-8,15,22,30H,3-4,9-14,16-18H2/t22-/m1/s1. The highest BCUT2D eigenvalue weighted by molar-refractivity contribution is 6.00. The number of amides is 2. The average Bonchev–Trinajstić information content (AvgIpc) is 3.32. The Morgan fingerprint density at radius 2 is 1.79 bits per heavy atom. The molecule has 33 heavy (non-hydrogen) atoms. The van der Waals surface area contributed by atoms with Gasteiger partial charge in [0.15, 0.2) is 0 Å². The molecule has 2 aromatic rings. The van der Waals surface area contributed by atoms with Gasteiger partial charge >= 0.3 is 0 Å². The summed E-state index contributed by atoms with van der Waals surface area (Å²) in [5, 5.41) is 10.8. The molecule has 3 aliphatic heterocycles. The van der Waals surface area contributed by atoms with Crippen LogP contribution in [0.5, 0.6) is 5.75 Å². The number of carbonyl (C=O) groups excluding carboxylic acids is 2. The Morgan fingerprint density at radius 3 is 2.61 bits per heavy atom. The molecule has 0 aromatic heterocycles. The first-order valence-electron chi connectivity index (χ1n) is 11.9. The number of carbonyl (C=O) groups is 2. The van der Waals surface area contributed by atoms with Gasteiger partial charge in [-0.15, -0.1) is 0 Å². The number of hydrogen-bond donors (Lipinski definition) is 1. The number of aliphatic hydroxyl groups excluding tert-OH is 1. The number of rotatable bonds is 5. The van der Waals surface area contributed by atoms with E-state index in [1.165, 1.54) is 11.1 Å². The second-order valence-electron chi connectivity index (χ2n) is 9.22. The van der Waals surface area contributed by atoms with Crippen LogP contribution < -0.4 is 4.74 Å². The van der Waals surface area contributed by atoms with E-state index < -0.39 is 6.10 Å². The summed E-state index contributed by atoms with van der Waals surface area (Å²) in [4.78, 5) is 31.7. The summed E-state index contributed by atoms with van der Waals surface area (Å²) in [6, 6.07) is 13.5. The molecular weight excluding hydrogens is 418 g/mol. The van der Waals surface area contributed by atoms with Gasteiger partial charge in [-0.1, -0.05) is 24.3 Å². The highest BCUT2D eigenvalue weighted by Gasteiger charge is 2.28. The van der Waals surface area contributed by atoms with Crippen LogP contribution in [-0.4, -0.2) is 83.6 Å². The highest BCUT2D eigenvalue weighted by Crippen LogP contribution is 2.26. The fraction of sp³-hybridized carbons (Fsp3) is 0.462. The van der Waals surface area contributed by atoms with Crippen molar-refractivity contribution in [2.24, 2.45) is 0 Å². The summed E-state index contributed by atoms with van der Waals surface area (Å²) >= 11 is 0. The maximum absolute atomic E-state index is 13.2. The van der Waals surface area contributed by atoms with E-state index >= 15 is 0 Å². The Morgan fingerprint density at radius 1 is 1.00 bits per heavy atom. The minimum absolute atomic E-state index is 0.00835. The van der Waals surface area contributed by atoms with Crippen LogP contribution in [0.15, 0.2) is 42.5 Å². The van der Waals surface area contributed by atoms with E-state index in [-0.39, 0.29) is 18.4 Å². The van der Waals surface area contributed by atoms with Crippen LogP contribution in [0.4, 0.5) is 0 Å². The number of benzene rings is 2. The SMILES string of the molecule is O=C(c1ccc2c(c1)OCCN(C[C@H](O)CN1CCc3ccccc3C1)C2=O)N1CCCC1. The first-order valence-corrected chi connectivity index (χ1v) is 11.9. The lowest BCUT2D eigenvalue weighted by Crippen LogP contribution is -2.44. The Balaban J connectivity index is 1.22. The average molecular weight is 450 g/mol. The number of hydrogen-bond acceptors (Lipinski definition) is 5. The molecule has 1 atom stereocenters. The van der Waals surface area contributed by atoms with Gasteiger partial charge in [-0.25, -0.2) is 0 Å². The molecule has 1 fully saturated rings. The van der Waals surface area contributed by atoms with Crippen LogP contribution in [0.2, 0.25) is 0 Å². The van der Waals surface area contributed by atoms with Crippen LogP contribution in [0, 0.1) is 0 Å². The predicted octanol–water partition coefficient (Wildman–Crippen LogP) is 2.18. The summed E-state index contributed by atoms with van der Waals surface area (Å²) in [6.45, 7) is 4.81. The Hall–Kier alpha value is -2.90. The van der Waals surface area contributed by atoms with E-state index in [2.05, 4.69) is 29.2 Å². The van der Waals surface area contributed by atoms with Crippen molar-refractivity contribution < 1.29 is 19.4 Å². The van der Waals surface area contributed by atoms with Crippen molar-refractivity contribution in [1.29, 1.82) is 0 Å². The zero-order chi connectivity index (χ0) is 22.8. The molecule has 3 heterocycles. The van der Waals surface area contributed by atoms with Crippen molar-refractivity contribution in [2.75, 3.05) is 45.9 Å². The number of ether oxygens (including phenoxy) is 1. The normalized spacial score (nSPS) is 19.5. The largest absolute Gasteiger partial charge is 0.491 e. The molecule has 7 heteroatoms. The predicted molar refractivity (Wildman–Crippen MR) is 124 cm³/mol. The molecule has 1 N–H and O–H groups in total. The van der Waals surface area contributed by atoms with Crippen molar-refractivity contribution in [1.82, 2.24) is 14.7 Å². The number of β-amino-alcohol motifs (C(OH)–C–C–N with tert-alkyl or cyclic N) is 1. The van der Waals surface area contributed by atoms with Gasteiger partial charge in [0.05, 0.1) is 18.2 Å². The summed E-state index contributed by atoms with van der Waals surface area (Å²) < 4.78 is 5.85. The van der Waals surface area contributed by atoms with E-state index in [9.17, 15) is 14.7 Å². The lowest BCUT2D eigenvalue weighted by Gasteiger charge is -2.32. The van der Waals surface area contributed by atoms with Gasteiger partial charge in [0, 0.05) is 44.8 Å². The smallest absolute Gasteiger partial charge is 0.257 e. The van der Waals surface area contributed by atoms with E-state index in [4.69, 9.17) is 4.74 Å². The first-order chi connectivity index (χ1) is 16.1. The first kappa shape index (κ1) is 21.9. The molecule has 3 aliphatic rings. The monoisotopic (exact) mass is 449 g/mol. The lowest BCUT2D eigenvalue weighted by atomic mass is 10.00. The number of nitrogens with zero attached hydrogens (tertiary/aromatic N) is 3. The Labute approximate surface area is 194 Å². The molecule has 0 aliphatic carbocycles. The molecule has 2 amide bonds. The second kappa shape index (κ2) is 9.53. The molecule has 5 rings (SSSR count). The van der Waals surface area contributed by atoms with Crippen molar-refractivity contribution in [3.05, 3.63) is 64.7 Å². The number of likely N-dealkylation sites (tertiary alicyclic amines) is 1. The van der Waals surface area contributed by atoms with Crippen molar-refractivity contribution in [2.45, 2.75) is 31.9 Å². The van der Waals surface area contributed by atoms with Crippen LogP contribution in [0.25, 0.3) is 0 Å². The van der Waals surface area contributed by atoms with Crippen molar-refractivity contribution in [3.8, 4) is 5.75 Å². The molecule has 174 valence electrons. The van der Waals surface area contributed by atoms with Crippen LogP contribution in [0.3, 0.4) is 0 Å². The number of aliphatic hydroxyl groups is 1. The molecule has 0 radical (unpaired) electrons. The van der Waals surface area contributed by atoms with Gasteiger partial charge in [-0.05, 0) is 48.6 Å². The maximum Gasteiger partial charge on any atom is 0.257 e. The third-order valence-electron chi connectivity index (χ3n) is 6.87. The third kappa shape index (κ3) is 4.75. The molecule has 0 spiro atoms. The minimum atomic E-state index is -0.642. The van der Waals surface area contributed by atoms with E-state index in [0.29, 0.717) is 36.6 Å². The van der Waals surface area contributed by atoms with Crippen molar-refractivity contribution >= 4 is 11.8 Å². The molecular formula is C26H31N3O4. The number of fused-ring (bicyclic) bond motifs is 2. The molecule has 2 aromatic carbocycles. The summed E-state index contributed by atoms with van der Waals surface area (Å²) in [5.41, 5.74) is 3.69. The van der Waals surface area contributed by atoms with Gasteiger partial charge in [0.1, 0.15) is 12.4 Å². The van der Waals surface area contributed by atoms with Crippen molar-refractivity contribution in [3.63, 3.8) is 0 Å². The van der Waals surface area contributed by atoms with Crippen LogP contribution >= 0.6 is 0 Å². The second-order valence-corrected chi connectivity index (χ2v) is 9.22.